The molecule has 0 amide bonds. The normalized spacial score (nSPS) is 43.9. The molecule has 4 aliphatic rings. The van der Waals surface area contributed by atoms with Crippen molar-refractivity contribution in [2.75, 3.05) is 0 Å². The summed E-state index contributed by atoms with van der Waals surface area (Å²) in [4.78, 5) is 0. The highest BCUT2D eigenvalue weighted by molar-refractivity contribution is 5.24. The quantitative estimate of drug-likeness (QED) is 0.472. The minimum Gasteiger partial charge on any atom is -0.393 e. The number of aliphatic hydroxyl groups is 1. The van der Waals surface area contributed by atoms with Gasteiger partial charge in [-0.05, 0) is 98.2 Å². The van der Waals surface area contributed by atoms with Gasteiger partial charge in [0, 0.05) is 0 Å². The standard InChI is InChI=1S/C27H46O/c1-5-19(6-2)8-7-18(3)22-11-12-24-23(22)13-14-26-25(24)10-9-20-17-21(28)15-16-27(20,26)4/h9,18-19,21-26,28H,5-8,10-17H2,1-4H3. The molecule has 0 aromatic rings. The van der Waals surface area contributed by atoms with E-state index < -0.39 is 0 Å². The van der Waals surface area contributed by atoms with Gasteiger partial charge >= 0.3 is 0 Å². The Labute approximate surface area is 174 Å². The van der Waals surface area contributed by atoms with E-state index in [0.717, 1.165) is 54.3 Å². The van der Waals surface area contributed by atoms with E-state index in [2.05, 4.69) is 33.8 Å². The van der Waals surface area contributed by atoms with Crippen LogP contribution in [0.5, 0.6) is 0 Å². The van der Waals surface area contributed by atoms with Gasteiger partial charge in [-0.15, -0.1) is 0 Å². The van der Waals surface area contributed by atoms with Gasteiger partial charge in [0.2, 0.25) is 0 Å². The topological polar surface area (TPSA) is 20.2 Å². The molecule has 1 N–H and O–H groups in total. The number of hydrogen-bond acceptors (Lipinski definition) is 1. The summed E-state index contributed by atoms with van der Waals surface area (Å²) in [7, 11) is 0. The second kappa shape index (κ2) is 8.44. The van der Waals surface area contributed by atoms with Crippen molar-refractivity contribution >= 4 is 0 Å². The predicted octanol–water partition coefficient (Wildman–Crippen LogP) is 7.39. The molecule has 3 saturated carbocycles. The van der Waals surface area contributed by atoms with Gasteiger partial charge in [0.25, 0.3) is 0 Å². The number of aliphatic hydroxyl groups excluding tert-OH is 1. The predicted molar refractivity (Wildman–Crippen MR) is 119 cm³/mol. The summed E-state index contributed by atoms with van der Waals surface area (Å²) in [6.45, 7) is 9.90. The fourth-order valence-corrected chi connectivity index (χ4v) is 8.46. The van der Waals surface area contributed by atoms with Gasteiger partial charge in [0.1, 0.15) is 0 Å². The minimum absolute atomic E-state index is 0.0704. The average molecular weight is 387 g/mol. The van der Waals surface area contributed by atoms with Crippen molar-refractivity contribution < 1.29 is 5.11 Å². The van der Waals surface area contributed by atoms with E-state index in [9.17, 15) is 5.11 Å². The summed E-state index contributed by atoms with van der Waals surface area (Å²) in [5.74, 6) is 6.76. The molecule has 0 heterocycles. The van der Waals surface area contributed by atoms with Crippen LogP contribution in [0, 0.1) is 46.8 Å². The van der Waals surface area contributed by atoms with Crippen molar-refractivity contribution in [2.24, 2.45) is 46.8 Å². The molecule has 3 fully saturated rings. The summed E-state index contributed by atoms with van der Waals surface area (Å²) in [5.41, 5.74) is 2.03. The lowest BCUT2D eigenvalue weighted by atomic mass is 9.50. The zero-order valence-corrected chi connectivity index (χ0v) is 19.1. The molecule has 4 rings (SSSR count). The first-order valence-electron chi connectivity index (χ1n) is 12.8. The van der Waals surface area contributed by atoms with Crippen LogP contribution in [0.2, 0.25) is 0 Å². The monoisotopic (exact) mass is 386 g/mol. The van der Waals surface area contributed by atoms with Crippen molar-refractivity contribution in [1.29, 1.82) is 0 Å². The molecule has 160 valence electrons. The molecule has 8 atom stereocenters. The zero-order valence-electron chi connectivity index (χ0n) is 19.1. The Morgan fingerprint density at radius 1 is 1.00 bits per heavy atom. The van der Waals surface area contributed by atoms with E-state index in [0.29, 0.717) is 5.41 Å². The van der Waals surface area contributed by atoms with Gasteiger partial charge in [-0.3, -0.25) is 0 Å². The van der Waals surface area contributed by atoms with Crippen LogP contribution in [0.3, 0.4) is 0 Å². The van der Waals surface area contributed by atoms with Crippen LogP contribution in [-0.2, 0) is 0 Å². The van der Waals surface area contributed by atoms with Crippen LogP contribution < -0.4 is 0 Å². The molecule has 0 radical (unpaired) electrons. The molecular weight excluding hydrogens is 340 g/mol. The Kier molecular flexibility index (Phi) is 6.32. The summed E-state index contributed by atoms with van der Waals surface area (Å²) < 4.78 is 0. The first kappa shape index (κ1) is 21.0. The van der Waals surface area contributed by atoms with Gasteiger partial charge in [-0.25, -0.2) is 0 Å². The van der Waals surface area contributed by atoms with Crippen molar-refractivity contribution in [3.63, 3.8) is 0 Å². The highest BCUT2D eigenvalue weighted by Crippen LogP contribution is 2.63. The lowest BCUT2D eigenvalue weighted by Crippen LogP contribution is -2.47. The Balaban J connectivity index is 1.43. The Morgan fingerprint density at radius 3 is 2.50 bits per heavy atom. The third kappa shape index (κ3) is 3.63. The lowest BCUT2D eigenvalue weighted by Gasteiger charge is -2.55. The number of hydrogen-bond donors (Lipinski definition) is 1. The second-order valence-electron chi connectivity index (χ2n) is 11.4. The number of rotatable bonds is 6. The SMILES string of the molecule is CCC(CC)CCC(C)C1CCC2C1CCC1C2CC=C2CC(O)CCC21C. The lowest BCUT2D eigenvalue weighted by molar-refractivity contribution is -0.0153. The molecule has 1 nitrogen and oxygen atoms in total. The molecule has 0 bridgehead atoms. The van der Waals surface area contributed by atoms with E-state index in [1.54, 1.807) is 5.57 Å². The Bertz CT molecular complexity index is 561. The van der Waals surface area contributed by atoms with Crippen molar-refractivity contribution in [2.45, 2.75) is 111 Å². The van der Waals surface area contributed by atoms with Gasteiger partial charge in [0.15, 0.2) is 0 Å². The van der Waals surface area contributed by atoms with E-state index in [-0.39, 0.29) is 6.10 Å². The summed E-state index contributed by atoms with van der Waals surface area (Å²) in [6.07, 6.45) is 18.7. The van der Waals surface area contributed by atoms with E-state index in [1.807, 2.05) is 0 Å². The first-order valence-corrected chi connectivity index (χ1v) is 12.8. The molecular formula is C27H46O. The second-order valence-corrected chi connectivity index (χ2v) is 11.4. The van der Waals surface area contributed by atoms with Crippen LogP contribution in [0.4, 0.5) is 0 Å². The third-order valence-electron chi connectivity index (χ3n) is 10.4. The van der Waals surface area contributed by atoms with Gasteiger partial charge < -0.3 is 5.11 Å². The zero-order chi connectivity index (χ0) is 19.9. The maximum Gasteiger partial charge on any atom is 0.0577 e. The largest absolute Gasteiger partial charge is 0.393 e. The van der Waals surface area contributed by atoms with Crippen LogP contribution in [0.15, 0.2) is 11.6 Å². The molecule has 4 aliphatic carbocycles. The summed E-state index contributed by atoms with van der Waals surface area (Å²) >= 11 is 0. The van der Waals surface area contributed by atoms with E-state index >= 15 is 0 Å². The van der Waals surface area contributed by atoms with Crippen molar-refractivity contribution in [3.05, 3.63) is 11.6 Å². The maximum atomic E-state index is 10.2. The molecule has 0 saturated heterocycles. The molecule has 0 aromatic carbocycles. The molecule has 0 aliphatic heterocycles. The van der Waals surface area contributed by atoms with Crippen molar-refractivity contribution in [3.8, 4) is 0 Å². The highest BCUT2D eigenvalue weighted by atomic mass is 16.3. The van der Waals surface area contributed by atoms with Gasteiger partial charge in [-0.2, -0.15) is 0 Å². The Morgan fingerprint density at radius 2 is 1.75 bits per heavy atom. The summed E-state index contributed by atoms with van der Waals surface area (Å²) in [5, 5.41) is 10.2. The van der Waals surface area contributed by atoms with Crippen LogP contribution >= 0.6 is 0 Å². The number of fused-ring (bicyclic) bond motifs is 5. The van der Waals surface area contributed by atoms with Gasteiger partial charge in [-0.1, -0.05) is 65.0 Å². The van der Waals surface area contributed by atoms with Gasteiger partial charge in [0.05, 0.1) is 6.10 Å². The van der Waals surface area contributed by atoms with E-state index in [4.69, 9.17) is 0 Å². The first-order chi connectivity index (χ1) is 13.5. The summed E-state index contributed by atoms with van der Waals surface area (Å²) in [6, 6.07) is 0. The average Bonchev–Trinajstić information content (AvgIpc) is 3.13. The van der Waals surface area contributed by atoms with Crippen LogP contribution in [0.25, 0.3) is 0 Å². The molecule has 0 aromatic heterocycles. The number of allylic oxidation sites excluding steroid dienone is 1. The minimum atomic E-state index is -0.0704. The smallest absolute Gasteiger partial charge is 0.0577 e. The van der Waals surface area contributed by atoms with E-state index in [1.165, 1.54) is 64.2 Å². The molecule has 0 spiro atoms. The Hall–Kier alpha value is -0.300. The molecule has 8 unspecified atom stereocenters. The van der Waals surface area contributed by atoms with Crippen molar-refractivity contribution in [1.82, 2.24) is 0 Å². The van der Waals surface area contributed by atoms with Crippen LogP contribution in [0.1, 0.15) is 105 Å². The molecule has 1 heteroatoms. The molecule has 28 heavy (non-hydrogen) atoms. The fraction of sp³-hybridized carbons (Fsp3) is 0.926. The fourth-order valence-electron chi connectivity index (χ4n) is 8.46. The maximum absolute atomic E-state index is 10.2. The van der Waals surface area contributed by atoms with Crippen LogP contribution in [-0.4, -0.2) is 11.2 Å². The highest BCUT2D eigenvalue weighted by Gasteiger charge is 2.54. The third-order valence-corrected chi connectivity index (χ3v) is 10.4.